The average molecular weight is 329 g/mol. The maximum absolute atomic E-state index is 11.0. The Labute approximate surface area is 101 Å². The smallest absolute Gasteiger partial charge is 0.152 e. The third-order valence-corrected chi connectivity index (χ3v) is 3.35. The van der Waals surface area contributed by atoms with Crippen LogP contribution in [0.1, 0.15) is 17.9 Å². The third kappa shape index (κ3) is 2.82. The zero-order valence-corrected chi connectivity index (χ0v) is 10.5. The number of Topliss-reactive ketones (excluding diaryl/α,β-unsaturated/α-hetero) is 1. The maximum Gasteiger partial charge on any atom is 0.152 e. The molecule has 0 spiro atoms. The van der Waals surface area contributed by atoms with Crippen LogP contribution in [-0.4, -0.2) is 5.78 Å². The number of alkyl halides is 1. The molecule has 1 aromatic rings. The Morgan fingerprint density at radius 3 is 2.69 bits per heavy atom. The molecular weight excluding hydrogens is 322 g/mol. The van der Waals surface area contributed by atoms with Crippen LogP contribution >= 0.6 is 45.8 Å². The molecule has 0 N–H and O–H groups in total. The van der Waals surface area contributed by atoms with Crippen molar-refractivity contribution in [2.45, 2.75) is 12.3 Å². The number of ketones is 1. The van der Waals surface area contributed by atoms with Gasteiger partial charge in [-0.05, 0) is 53.3 Å². The van der Waals surface area contributed by atoms with Crippen LogP contribution in [0.5, 0.6) is 0 Å². The van der Waals surface area contributed by atoms with Gasteiger partial charge in [-0.2, -0.15) is 0 Å². The standard InChI is InChI=1S/C9H7Cl2IO/c1-5(13)9(11)7-4-6(10)2-3-8(7)12/h2-4,9H,1H3. The summed E-state index contributed by atoms with van der Waals surface area (Å²) in [5.74, 6) is -0.0677. The minimum Gasteiger partial charge on any atom is -0.298 e. The molecule has 1 nitrogen and oxygen atoms in total. The third-order valence-electron chi connectivity index (χ3n) is 1.59. The maximum atomic E-state index is 11.0. The van der Waals surface area contributed by atoms with Crippen LogP contribution in [0.15, 0.2) is 18.2 Å². The van der Waals surface area contributed by atoms with E-state index in [2.05, 4.69) is 22.6 Å². The van der Waals surface area contributed by atoms with E-state index in [0.717, 1.165) is 9.13 Å². The van der Waals surface area contributed by atoms with Gasteiger partial charge in [0.2, 0.25) is 0 Å². The van der Waals surface area contributed by atoms with Gasteiger partial charge in [-0.1, -0.05) is 11.6 Å². The van der Waals surface area contributed by atoms with Crippen LogP contribution in [0.4, 0.5) is 0 Å². The van der Waals surface area contributed by atoms with E-state index < -0.39 is 5.38 Å². The fourth-order valence-corrected chi connectivity index (χ4v) is 2.12. The lowest BCUT2D eigenvalue weighted by atomic mass is 10.1. The molecule has 13 heavy (non-hydrogen) atoms. The molecule has 1 atom stereocenters. The Morgan fingerprint density at radius 1 is 1.54 bits per heavy atom. The Hall–Kier alpha value is 0.200. The number of carbonyl (C=O) groups is 1. The number of hydrogen-bond donors (Lipinski definition) is 0. The second-order valence-corrected chi connectivity index (χ2v) is 4.67. The molecule has 0 aromatic heterocycles. The predicted molar refractivity (Wildman–Crippen MR) is 63.4 cm³/mol. The highest BCUT2D eigenvalue weighted by atomic mass is 127. The normalized spacial score (nSPS) is 12.6. The molecule has 1 aromatic carbocycles. The lowest BCUT2D eigenvalue weighted by molar-refractivity contribution is -0.116. The zero-order chi connectivity index (χ0) is 10.0. The summed E-state index contributed by atoms with van der Waals surface area (Å²) in [6, 6.07) is 5.34. The first-order chi connectivity index (χ1) is 6.02. The van der Waals surface area contributed by atoms with Gasteiger partial charge in [-0.3, -0.25) is 4.79 Å². The summed E-state index contributed by atoms with van der Waals surface area (Å²) in [5, 5.41) is 0.00733. The fraction of sp³-hybridized carbons (Fsp3) is 0.222. The minimum absolute atomic E-state index is 0.0677. The molecule has 0 aliphatic heterocycles. The van der Waals surface area contributed by atoms with Gasteiger partial charge in [-0.25, -0.2) is 0 Å². The van der Waals surface area contributed by atoms with Crippen LogP contribution in [0.2, 0.25) is 5.02 Å². The van der Waals surface area contributed by atoms with Crippen molar-refractivity contribution < 1.29 is 4.79 Å². The highest BCUT2D eigenvalue weighted by Gasteiger charge is 2.16. The summed E-state index contributed by atoms with van der Waals surface area (Å²) in [6.07, 6.45) is 0. The lowest BCUT2D eigenvalue weighted by Crippen LogP contribution is -2.03. The van der Waals surface area contributed by atoms with Crippen LogP contribution < -0.4 is 0 Å². The SMILES string of the molecule is CC(=O)C(Cl)c1cc(Cl)ccc1I. The second-order valence-electron chi connectivity index (χ2n) is 2.64. The summed E-state index contributed by atoms with van der Waals surface area (Å²) in [5.41, 5.74) is 0.780. The summed E-state index contributed by atoms with van der Waals surface area (Å²) in [4.78, 5) is 11.0. The molecule has 0 saturated heterocycles. The molecule has 0 amide bonds. The van der Waals surface area contributed by atoms with E-state index in [4.69, 9.17) is 23.2 Å². The molecule has 70 valence electrons. The van der Waals surface area contributed by atoms with Crippen molar-refractivity contribution in [2.24, 2.45) is 0 Å². The van der Waals surface area contributed by atoms with Crippen molar-refractivity contribution in [3.63, 3.8) is 0 Å². The number of rotatable bonds is 2. The van der Waals surface area contributed by atoms with Crippen LogP contribution in [0.25, 0.3) is 0 Å². The molecule has 1 unspecified atom stereocenters. The molecule has 0 heterocycles. The largest absolute Gasteiger partial charge is 0.298 e. The van der Waals surface area contributed by atoms with E-state index in [9.17, 15) is 4.79 Å². The topological polar surface area (TPSA) is 17.1 Å². The molecule has 1 rings (SSSR count). The first-order valence-corrected chi connectivity index (χ1v) is 5.51. The van der Waals surface area contributed by atoms with Crippen molar-refractivity contribution in [1.29, 1.82) is 0 Å². The van der Waals surface area contributed by atoms with Crippen LogP contribution in [-0.2, 0) is 4.79 Å². The summed E-state index contributed by atoms with van der Waals surface area (Å²) >= 11 is 13.8. The van der Waals surface area contributed by atoms with Gasteiger partial charge < -0.3 is 0 Å². The number of halogens is 3. The number of hydrogen-bond acceptors (Lipinski definition) is 1. The van der Waals surface area contributed by atoms with Gasteiger partial charge in [0.05, 0.1) is 0 Å². The molecule has 0 radical (unpaired) electrons. The van der Waals surface area contributed by atoms with Crippen molar-refractivity contribution >= 4 is 51.6 Å². The van der Waals surface area contributed by atoms with Gasteiger partial charge in [-0.15, -0.1) is 11.6 Å². The quantitative estimate of drug-likeness (QED) is 0.596. The zero-order valence-electron chi connectivity index (χ0n) is 6.85. The Bertz CT molecular complexity index is 338. The highest BCUT2D eigenvalue weighted by molar-refractivity contribution is 14.1. The van der Waals surface area contributed by atoms with E-state index in [1.807, 2.05) is 6.07 Å². The Balaban J connectivity index is 3.12. The molecule has 0 aliphatic rings. The van der Waals surface area contributed by atoms with E-state index in [1.54, 1.807) is 12.1 Å². The van der Waals surface area contributed by atoms with Gasteiger partial charge in [0.1, 0.15) is 5.38 Å². The van der Waals surface area contributed by atoms with Gasteiger partial charge in [0, 0.05) is 8.59 Å². The van der Waals surface area contributed by atoms with Crippen molar-refractivity contribution in [3.8, 4) is 0 Å². The molecular formula is C9H7Cl2IO. The average Bonchev–Trinajstić information content (AvgIpc) is 2.08. The molecule has 0 saturated carbocycles. The van der Waals surface area contributed by atoms with Crippen molar-refractivity contribution in [1.82, 2.24) is 0 Å². The Kier molecular flexibility index (Phi) is 4.01. The first-order valence-electron chi connectivity index (χ1n) is 3.62. The summed E-state index contributed by atoms with van der Waals surface area (Å²) in [6.45, 7) is 1.47. The van der Waals surface area contributed by atoms with Gasteiger partial charge >= 0.3 is 0 Å². The fourth-order valence-electron chi connectivity index (χ4n) is 0.928. The number of benzene rings is 1. The molecule has 0 aliphatic carbocycles. The Morgan fingerprint density at radius 2 is 2.15 bits per heavy atom. The van der Waals surface area contributed by atoms with E-state index in [1.165, 1.54) is 6.92 Å². The monoisotopic (exact) mass is 328 g/mol. The van der Waals surface area contributed by atoms with Crippen LogP contribution in [0.3, 0.4) is 0 Å². The second kappa shape index (κ2) is 4.62. The van der Waals surface area contributed by atoms with Crippen LogP contribution in [0, 0.1) is 3.57 Å². The summed E-state index contributed by atoms with van der Waals surface area (Å²) in [7, 11) is 0. The molecule has 4 heteroatoms. The highest BCUT2D eigenvalue weighted by Crippen LogP contribution is 2.28. The van der Waals surface area contributed by atoms with E-state index in [-0.39, 0.29) is 5.78 Å². The number of carbonyl (C=O) groups excluding carboxylic acids is 1. The first kappa shape index (κ1) is 11.3. The lowest BCUT2D eigenvalue weighted by Gasteiger charge is -2.08. The minimum atomic E-state index is -0.592. The van der Waals surface area contributed by atoms with Gasteiger partial charge in [0.15, 0.2) is 5.78 Å². The van der Waals surface area contributed by atoms with E-state index in [0.29, 0.717) is 5.02 Å². The van der Waals surface area contributed by atoms with Crippen molar-refractivity contribution in [3.05, 3.63) is 32.4 Å². The van der Waals surface area contributed by atoms with Gasteiger partial charge in [0.25, 0.3) is 0 Å². The van der Waals surface area contributed by atoms with E-state index >= 15 is 0 Å². The summed E-state index contributed by atoms with van der Waals surface area (Å²) < 4.78 is 0.956. The van der Waals surface area contributed by atoms with Crippen molar-refractivity contribution in [2.75, 3.05) is 0 Å². The molecule has 0 fully saturated rings. The predicted octanol–water partition coefficient (Wildman–Crippen LogP) is 3.81. The molecule has 0 bridgehead atoms.